The average molecular weight is 271 g/mol. The van der Waals surface area contributed by atoms with Crippen LogP contribution in [0.15, 0.2) is 6.07 Å². The predicted octanol–water partition coefficient (Wildman–Crippen LogP) is 1.50. The molecule has 0 saturated heterocycles. The fraction of sp³-hybridized carbons (Fsp3) is 0.667. The molecule has 0 aliphatic carbocycles. The highest BCUT2D eigenvalue weighted by atomic mass is 32.2. The van der Waals surface area contributed by atoms with Gasteiger partial charge in [-0.3, -0.25) is 9.48 Å². The fourth-order valence-electron chi connectivity index (χ4n) is 1.59. The molecule has 1 unspecified atom stereocenters. The Hall–Kier alpha value is -1.01. The molecule has 18 heavy (non-hydrogen) atoms. The first-order valence-corrected chi connectivity index (χ1v) is 7.35. The van der Waals surface area contributed by atoms with Gasteiger partial charge in [-0.05, 0) is 31.6 Å². The first-order valence-electron chi connectivity index (χ1n) is 6.20. The molecule has 1 aromatic heterocycles. The highest BCUT2D eigenvalue weighted by molar-refractivity contribution is 7.98. The number of rotatable bonds is 8. The van der Waals surface area contributed by atoms with E-state index >= 15 is 0 Å². The summed E-state index contributed by atoms with van der Waals surface area (Å²) in [4.78, 5) is 10.6. The van der Waals surface area contributed by atoms with E-state index in [9.17, 15) is 4.79 Å². The zero-order chi connectivity index (χ0) is 13.5. The molecule has 0 aliphatic heterocycles. The average Bonchev–Trinajstić information content (AvgIpc) is 2.76. The molecule has 0 radical (unpaired) electrons. The van der Waals surface area contributed by atoms with E-state index < -0.39 is 12.0 Å². The number of nitrogens with zero attached hydrogens (tertiary/aromatic N) is 2. The minimum Gasteiger partial charge on any atom is -0.480 e. The molecule has 1 atom stereocenters. The van der Waals surface area contributed by atoms with Gasteiger partial charge in [0.2, 0.25) is 0 Å². The lowest BCUT2D eigenvalue weighted by molar-refractivity contribution is -0.138. The number of carboxylic acids is 1. The summed E-state index contributed by atoms with van der Waals surface area (Å²) in [6, 6.07) is 1.37. The number of hydrogen-bond acceptors (Lipinski definition) is 4. The molecule has 6 heteroatoms. The number of thioether (sulfide) groups is 1. The predicted molar refractivity (Wildman–Crippen MR) is 73.7 cm³/mol. The van der Waals surface area contributed by atoms with Crippen molar-refractivity contribution in [3.63, 3.8) is 0 Å². The van der Waals surface area contributed by atoms with Crippen molar-refractivity contribution in [1.29, 1.82) is 0 Å². The molecule has 0 aliphatic rings. The van der Waals surface area contributed by atoms with Crippen LogP contribution in [0.3, 0.4) is 0 Å². The third-order valence-electron chi connectivity index (χ3n) is 2.72. The number of aryl methyl sites for hydroxylation is 2. The lowest BCUT2D eigenvalue weighted by Crippen LogP contribution is -2.30. The summed E-state index contributed by atoms with van der Waals surface area (Å²) in [6.07, 6.45) is 1.44. The molecule has 0 fully saturated rings. The van der Waals surface area contributed by atoms with E-state index in [1.54, 1.807) is 11.8 Å². The van der Waals surface area contributed by atoms with Crippen molar-refractivity contribution in [2.75, 3.05) is 5.75 Å². The first-order chi connectivity index (χ1) is 8.58. The monoisotopic (exact) mass is 271 g/mol. The van der Waals surface area contributed by atoms with Gasteiger partial charge in [0.25, 0.3) is 0 Å². The van der Waals surface area contributed by atoms with Gasteiger partial charge in [0, 0.05) is 18.0 Å². The molecule has 1 aromatic rings. The highest BCUT2D eigenvalue weighted by Crippen LogP contribution is 2.15. The molecule has 1 rings (SSSR count). The Balaban J connectivity index is 2.39. The van der Waals surface area contributed by atoms with Crippen LogP contribution in [0.1, 0.15) is 31.7 Å². The van der Waals surface area contributed by atoms with Gasteiger partial charge in [-0.2, -0.15) is 16.9 Å². The molecule has 1 heterocycles. The van der Waals surface area contributed by atoms with Gasteiger partial charge in [0.05, 0.1) is 5.69 Å². The van der Waals surface area contributed by atoms with Crippen LogP contribution in [-0.2, 0) is 23.5 Å². The van der Waals surface area contributed by atoms with Crippen LogP contribution in [0.4, 0.5) is 0 Å². The summed E-state index contributed by atoms with van der Waals surface area (Å²) < 4.78 is 2.00. The normalized spacial score (nSPS) is 12.6. The Kier molecular flexibility index (Phi) is 6.21. The third-order valence-corrected chi connectivity index (χ3v) is 3.74. The van der Waals surface area contributed by atoms with Gasteiger partial charge < -0.3 is 10.8 Å². The van der Waals surface area contributed by atoms with Crippen LogP contribution >= 0.6 is 11.8 Å². The van der Waals surface area contributed by atoms with Gasteiger partial charge >= 0.3 is 5.97 Å². The molecule has 3 N–H and O–H groups in total. The first kappa shape index (κ1) is 15.0. The van der Waals surface area contributed by atoms with E-state index in [1.165, 1.54) is 5.69 Å². The van der Waals surface area contributed by atoms with Crippen LogP contribution in [0.25, 0.3) is 0 Å². The van der Waals surface area contributed by atoms with E-state index in [-0.39, 0.29) is 0 Å². The molecular weight excluding hydrogens is 250 g/mol. The van der Waals surface area contributed by atoms with Crippen molar-refractivity contribution in [2.24, 2.45) is 5.73 Å². The highest BCUT2D eigenvalue weighted by Gasteiger charge is 2.11. The van der Waals surface area contributed by atoms with Gasteiger partial charge in [-0.15, -0.1) is 0 Å². The summed E-state index contributed by atoms with van der Waals surface area (Å²) in [5.41, 5.74) is 7.75. The Morgan fingerprint density at radius 3 is 2.89 bits per heavy atom. The molecular formula is C12H21N3O2S. The number of aliphatic carboxylic acids is 1. The van der Waals surface area contributed by atoms with Gasteiger partial charge in [-0.25, -0.2) is 0 Å². The number of hydrogen-bond donors (Lipinski definition) is 2. The smallest absolute Gasteiger partial charge is 0.320 e. The Morgan fingerprint density at radius 1 is 1.61 bits per heavy atom. The lowest BCUT2D eigenvalue weighted by atomic mass is 10.2. The largest absolute Gasteiger partial charge is 0.480 e. The van der Waals surface area contributed by atoms with Gasteiger partial charge in [-0.1, -0.05) is 6.92 Å². The van der Waals surface area contributed by atoms with Crippen molar-refractivity contribution in [2.45, 2.75) is 45.0 Å². The minimum atomic E-state index is -0.928. The third kappa shape index (κ3) is 4.34. The molecule has 0 spiro atoms. The van der Waals surface area contributed by atoms with Gasteiger partial charge in [0.15, 0.2) is 0 Å². The summed E-state index contributed by atoms with van der Waals surface area (Å²) in [5, 5.41) is 13.1. The van der Waals surface area contributed by atoms with Crippen LogP contribution in [0.5, 0.6) is 0 Å². The zero-order valence-electron chi connectivity index (χ0n) is 10.9. The number of aromatic nitrogens is 2. The Bertz CT molecular complexity index is 393. The van der Waals surface area contributed by atoms with Crippen molar-refractivity contribution in [1.82, 2.24) is 9.78 Å². The maximum absolute atomic E-state index is 10.6. The zero-order valence-corrected chi connectivity index (χ0v) is 11.7. The summed E-state index contributed by atoms with van der Waals surface area (Å²) in [7, 11) is 0. The van der Waals surface area contributed by atoms with Crippen molar-refractivity contribution in [3.05, 3.63) is 17.5 Å². The van der Waals surface area contributed by atoms with E-state index in [2.05, 4.69) is 25.0 Å². The summed E-state index contributed by atoms with van der Waals surface area (Å²) in [6.45, 7) is 5.02. The summed E-state index contributed by atoms with van der Waals surface area (Å²) >= 11 is 1.70. The Morgan fingerprint density at radius 2 is 2.33 bits per heavy atom. The van der Waals surface area contributed by atoms with Crippen LogP contribution in [0, 0.1) is 0 Å². The fourth-order valence-corrected chi connectivity index (χ4v) is 2.59. The molecule has 0 aromatic carbocycles. The standard InChI is InChI=1S/C12H21N3O2S/c1-3-9-7-10(15(4-2)14-9)8-18-6-5-11(13)12(16)17/h7,11H,3-6,8,13H2,1-2H3,(H,16,17). The van der Waals surface area contributed by atoms with Crippen molar-refractivity contribution in [3.8, 4) is 0 Å². The maximum atomic E-state index is 10.6. The van der Waals surface area contributed by atoms with Crippen LogP contribution in [-0.4, -0.2) is 32.7 Å². The van der Waals surface area contributed by atoms with Crippen molar-refractivity contribution >= 4 is 17.7 Å². The number of nitrogens with two attached hydrogens (primary N) is 1. The van der Waals surface area contributed by atoms with E-state index in [4.69, 9.17) is 10.8 Å². The maximum Gasteiger partial charge on any atom is 0.320 e. The Labute approximate surface area is 112 Å². The number of carboxylic acid groups (broad SMARTS) is 1. The topological polar surface area (TPSA) is 81.1 Å². The second-order valence-electron chi connectivity index (χ2n) is 4.08. The van der Waals surface area contributed by atoms with E-state index in [1.807, 2.05) is 4.68 Å². The molecule has 0 amide bonds. The SMILES string of the molecule is CCc1cc(CSCCC(N)C(=O)O)n(CC)n1. The van der Waals surface area contributed by atoms with Gasteiger partial charge in [0.1, 0.15) is 6.04 Å². The molecule has 0 bridgehead atoms. The minimum absolute atomic E-state index is 0.501. The van der Waals surface area contributed by atoms with E-state index in [0.717, 1.165) is 30.2 Å². The molecule has 5 nitrogen and oxygen atoms in total. The second-order valence-corrected chi connectivity index (χ2v) is 5.19. The molecule has 102 valence electrons. The number of carbonyl (C=O) groups is 1. The lowest BCUT2D eigenvalue weighted by Gasteiger charge is -2.06. The quantitative estimate of drug-likeness (QED) is 0.700. The van der Waals surface area contributed by atoms with Crippen LogP contribution in [0.2, 0.25) is 0 Å². The van der Waals surface area contributed by atoms with E-state index in [0.29, 0.717) is 6.42 Å². The molecule has 0 saturated carbocycles. The van der Waals surface area contributed by atoms with Crippen molar-refractivity contribution < 1.29 is 9.90 Å². The van der Waals surface area contributed by atoms with Crippen LogP contribution < -0.4 is 5.73 Å². The second kappa shape index (κ2) is 7.43. The summed E-state index contributed by atoms with van der Waals surface area (Å²) in [5.74, 6) is 0.680.